The van der Waals surface area contributed by atoms with Crippen LogP contribution >= 0.6 is 27.3 Å². The maximum Gasteiger partial charge on any atom is 0.191 e. The molecule has 0 fully saturated rings. The first-order valence-electron chi connectivity index (χ1n) is 7.29. The zero-order chi connectivity index (χ0) is 15.9. The Balaban J connectivity index is 1.93. The van der Waals surface area contributed by atoms with Crippen molar-refractivity contribution in [2.24, 2.45) is 4.99 Å². The molecule has 0 aliphatic heterocycles. The Morgan fingerprint density at radius 2 is 2.18 bits per heavy atom. The van der Waals surface area contributed by atoms with E-state index in [1.54, 1.807) is 18.4 Å². The second-order valence-electron chi connectivity index (χ2n) is 4.90. The third-order valence-corrected chi connectivity index (χ3v) is 5.05. The highest BCUT2D eigenvalue weighted by Crippen LogP contribution is 2.22. The summed E-state index contributed by atoms with van der Waals surface area (Å²) >= 11 is 5.29. The Labute approximate surface area is 144 Å². The largest absolute Gasteiger partial charge is 0.351 e. The van der Waals surface area contributed by atoms with Gasteiger partial charge in [0.15, 0.2) is 5.96 Å². The second kappa shape index (κ2) is 8.29. The van der Waals surface area contributed by atoms with Crippen molar-refractivity contribution in [1.29, 1.82) is 0 Å². The van der Waals surface area contributed by atoms with E-state index in [0.717, 1.165) is 22.5 Å². The SMILES string of the molecule is CCc1nc(CNC(=NC)NC(C)c2ccccc2Br)cs1. The van der Waals surface area contributed by atoms with Crippen LogP contribution in [-0.4, -0.2) is 18.0 Å². The smallest absolute Gasteiger partial charge is 0.191 e. The first kappa shape index (κ1) is 17.0. The lowest BCUT2D eigenvalue weighted by Gasteiger charge is -2.19. The van der Waals surface area contributed by atoms with Gasteiger partial charge in [0.05, 0.1) is 23.3 Å². The fraction of sp³-hybridized carbons (Fsp3) is 0.375. The van der Waals surface area contributed by atoms with E-state index < -0.39 is 0 Å². The van der Waals surface area contributed by atoms with Crippen LogP contribution in [-0.2, 0) is 13.0 Å². The molecule has 0 amide bonds. The summed E-state index contributed by atoms with van der Waals surface area (Å²) in [4.78, 5) is 8.83. The molecule has 0 bridgehead atoms. The molecule has 0 aliphatic rings. The van der Waals surface area contributed by atoms with Crippen LogP contribution in [0, 0.1) is 0 Å². The number of aromatic nitrogens is 1. The van der Waals surface area contributed by atoms with E-state index in [2.05, 4.69) is 61.8 Å². The van der Waals surface area contributed by atoms with Crippen molar-refractivity contribution in [2.75, 3.05) is 7.05 Å². The Hall–Kier alpha value is -1.40. The molecular formula is C16H21BrN4S. The second-order valence-corrected chi connectivity index (χ2v) is 6.70. The van der Waals surface area contributed by atoms with Crippen LogP contribution < -0.4 is 10.6 Å². The van der Waals surface area contributed by atoms with Crippen molar-refractivity contribution in [2.45, 2.75) is 32.9 Å². The standard InChI is InChI=1S/C16H21BrN4S/c1-4-15-21-12(10-22-15)9-19-16(18-3)20-11(2)13-7-5-6-8-14(13)17/h5-8,10-11H,4,9H2,1-3H3,(H2,18,19,20). The van der Waals surface area contributed by atoms with Gasteiger partial charge in [0.1, 0.15) is 0 Å². The number of rotatable bonds is 5. The van der Waals surface area contributed by atoms with Crippen LogP contribution in [0.4, 0.5) is 0 Å². The summed E-state index contributed by atoms with van der Waals surface area (Å²) in [7, 11) is 1.78. The normalized spacial score (nSPS) is 13.0. The number of aliphatic imine (C=N–C) groups is 1. The van der Waals surface area contributed by atoms with Gasteiger partial charge in [0, 0.05) is 16.9 Å². The number of thiazole rings is 1. The van der Waals surface area contributed by atoms with Crippen molar-refractivity contribution in [3.05, 3.63) is 50.4 Å². The third-order valence-electron chi connectivity index (χ3n) is 3.29. The van der Waals surface area contributed by atoms with E-state index in [1.165, 1.54) is 10.6 Å². The Bertz CT molecular complexity index is 639. The monoisotopic (exact) mass is 380 g/mol. The van der Waals surface area contributed by atoms with Crippen LogP contribution in [0.2, 0.25) is 0 Å². The Morgan fingerprint density at radius 3 is 2.82 bits per heavy atom. The molecule has 4 nitrogen and oxygen atoms in total. The van der Waals surface area contributed by atoms with Gasteiger partial charge in [-0.3, -0.25) is 4.99 Å². The minimum absolute atomic E-state index is 0.156. The molecule has 2 N–H and O–H groups in total. The molecule has 0 spiro atoms. The molecule has 2 rings (SSSR count). The zero-order valence-corrected chi connectivity index (χ0v) is 15.5. The molecule has 2 aromatic rings. The summed E-state index contributed by atoms with van der Waals surface area (Å²) in [5, 5.41) is 9.97. The van der Waals surface area contributed by atoms with Crippen LogP contribution in [0.5, 0.6) is 0 Å². The predicted octanol–water partition coefficient (Wildman–Crippen LogP) is 3.89. The van der Waals surface area contributed by atoms with Gasteiger partial charge in [-0.05, 0) is 25.0 Å². The van der Waals surface area contributed by atoms with Crippen molar-refractivity contribution in [1.82, 2.24) is 15.6 Å². The van der Waals surface area contributed by atoms with E-state index in [4.69, 9.17) is 0 Å². The summed E-state index contributed by atoms with van der Waals surface area (Å²) < 4.78 is 1.09. The van der Waals surface area contributed by atoms with Crippen LogP contribution in [0.3, 0.4) is 0 Å². The highest BCUT2D eigenvalue weighted by atomic mass is 79.9. The van der Waals surface area contributed by atoms with Gasteiger partial charge in [0.25, 0.3) is 0 Å². The fourth-order valence-corrected chi connectivity index (χ4v) is 3.44. The summed E-state index contributed by atoms with van der Waals surface area (Å²) in [6.07, 6.45) is 0.983. The summed E-state index contributed by atoms with van der Waals surface area (Å²) in [5.41, 5.74) is 2.26. The number of halogens is 1. The van der Waals surface area contributed by atoms with Gasteiger partial charge >= 0.3 is 0 Å². The number of nitrogens with zero attached hydrogens (tertiary/aromatic N) is 2. The lowest BCUT2D eigenvalue weighted by Crippen LogP contribution is -2.38. The molecule has 1 aromatic carbocycles. The lowest BCUT2D eigenvalue weighted by atomic mass is 10.1. The average molecular weight is 381 g/mol. The molecule has 22 heavy (non-hydrogen) atoms. The predicted molar refractivity (Wildman–Crippen MR) is 97.4 cm³/mol. The van der Waals surface area contributed by atoms with E-state index in [9.17, 15) is 0 Å². The molecule has 0 aliphatic carbocycles. The Kier molecular flexibility index (Phi) is 6.39. The number of nitrogens with one attached hydrogen (secondary N) is 2. The molecule has 1 atom stereocenters. The number of guanidine groups is 1. The van der Waals surface area contributed by atoms with Gasteiger partial charge in [0.2, 0.25) is 0 Å². The third kappa shape index (κ3) is 4.55. The van der Waals surface area contributed by atoms with E-state index in [0.29, 0.717) is 6.54 Å². The maximum absolute atomic E-state index is 4.55. The van der Waals surface area contributed by atoms with Gasteiger partial charge in [-0.1, -0.05) is 41.1 Å². The van der Waals surface area contributed by atoms with Crippen molar-refractivity contribution < 1.29 is 0 Å². The van der Waals surface area contributed by atoms with E-state index in [1.807, 2.05) is 18.2 Å². The minimum Gasteiger partial charge on any atom is -0.351 e. The van der Waals surface area contributed by atoms with Gasteiger partial charge < -0.3 is 10.6 Å². The van der Waals surface area contributed by atoms with Crippen LogP contribution in [0.25, 0.3) is 0 Å². The van der Waals surface area contributed by atoms with E-state index >= 15 is 0 Å². The molecule has 1 heterocycles. The van der Waals surface area contributed by atoms with Crippen molar-refractivity contribution in [3.63, 3.8) is 0 Å². The number of aryl methyl sites for hydroxylation is 1. The zero-order valence-electron chi connectivity index (χ0n) is 13.1. The van der Waals surface area contributed by atoms with Gasteiger partial charge in [-0.25, -0.2) is 4.98 Å². The summed E-state index contributed by atoms with van der Waals surface area (Å²) in [6, 6.07) is 8.36. The highest BCUT2D eigenvalue weighted by molar-refractivity contribution is 9.10. The average Bonchev–Trinajstić information content (AvgIpc) is 2.99. The number of hydrogen-bond donors (Lipinski definition) is 2. The van der Waals surface area contributed by atoms with Crippen LogP contribution in [0.1, 0.15) is 36.2 Å². The van der Waals surface area contributed by atoms with Crippen LogP contribution in [0.15, 0.2) is 39.1 Å². The fourth-order valence-electron chi connectivity index (χ4n) is 2.07. The molecule has 118 valence electrons. The summed E-state index contributed by atoms with van der Waals surface area (Å²) in [6.45, 7) is 4.92. The van der Waals surface area contributed by atoms with Crippen molar-refractivity contribution >= 4 is 33.2 Å². The molecule has 0 saturated carbocycles. The van der Waals surface area contributed by atoms with E-state index in [-0.39, 0.29) is 6.04 Å². The first-order chi connectivity index (χ1) is 10.6. The van der Waals surface area contributed by atoms with Gasteiger partial charge in [-0.15, -0.1) is 11.3 Å². The van der Waals surface area contributed by atoms with Crippen molar-refractivity contribution in [3.8, 4) is 0 Å². The minimum atomic E-state index is 0.156. The highest BCUT2D eigenvalue weighted by Gasteiger charge is 2.10. The maximum atomic E-state index is 4.55. The first-order valence-corrected chi connectivity index (χ1v) is 8.96. The molecular weight excluding hydrogens is 360 g/mol. The number of benzene rings is 1. The van der Waals surface area contributed by atoms with Gasteiger partial charge in [-0.2, -0.15) is 0 Å². The molecule has 6 heteroatoms. The number of hydrogen-bond acceptors (Lipinski definition) is 3. The Morgan fingerprint density at radius 1 is 1.41 bits per heavy atom. The molecule has 0 saturated heterocycles. The molecule has 0 radical (unpaired) electrons. The summed E-state index contributed by atoms with van der Waals surface area (Å²) in [5.74, 6) is 0.773. The molecule has 1 aromatic heterocycles. The lowest BCUT2D eigenvalue weighted by molar-refractivity contribution is 0.680. The topological polar surface area (TPSA) is 49.3 Å². The quantitative estimate of drug-likeness (QED) is 0.610. The molecule has 1 unspecified atom stereocenters.